The first-order chi connectivity index (χ1) is 9.64. The van der Waals surface area contributed by atoms with Crippen molar-refractivity contribution in [2.45, 2.75) is 38.7 Å². The topological polar surface area (TPSA) is 66.0 Å². The highest BCUT2D eigenvalue weighted by molar-refractivity contribution is 6.60. The van der Waals surface area contributed by atoms with Crippen LogP contribution in [0.15, 0.2) is 0 Å². The number of unbranched alkanes of at least 4 members (excludes halogenated alkanes) is 1. The largest absolute Gasteiger partial charge is 0.500 e. The van der Waals surface area contributed by atoms with E-state index in [4.69, 9.17) is 18.0 Å². The normalized spacial score (nSPS) is 11.6. The van der Waals surface area contributed by atoms with Crippen molar-refractivity contribution in [3.8, 4) is 0 Å². The summed E-state index contributed by atoms with van der Waals surface area (Å²) >= 11 is 0. The zero-order valence-electron chi connectivity index (χ0n) is 13.2. The van der Waals surface area contributed by atoms with Crippen LogP contribution in [0, 0.1) is 0 Å². The minimum atomic E-state index is -2.53. The molecule has 0 aromatic carbocycles. The van der Waals surface area contributed by atoms with Gasteiger partial charge in [-0.15, -0.1) is 0 Å². The number of ether oxygens (including phenoxy) is 1. The third-order valence-electron chi connectivity index (χ3n) is 3.04. The summed E-state index contributed by atoms with van der Waals surface area (Å²) in [5.74, 6) is -0.173. The third kappa shape index (κ3) is 8.65. The number of hydrogen-bond donors (Lipinski definition) is 1. The fourth-order valence-corrected chi connectivity index (χ4v) is 3.41. The van der Waals surface area contributed by atoms with Crippen molar-refractivity contribution in [2.24, 2.45) is 0 Å². The van der Waals surface area contributed by atoms with Gasteiger partial charge in [0.15, 0.2) is 0 Å². The molecule has 0 saturated heterocycles. The van der Waals surface area contributed by atoms with E-state index in [1.807, 2.05) is 0 Å². The predicted molar refractivity (Wildman–Crippen MR) is 79.6 cm³/mol. The van der Waals surface area contributed by atoms with Crippen LogP contribution in [0.3, 0.4) is 0 Å². The Morgan fingerprint density at radius 1 is 1.05 bits per heavy atom. The smallest absolute Gasteiger partial charge is 0.466 e. The van der Waals surface area contributed by atoms with Gasteiger partial charge in [0.2, 0.25) is 0 Å². The first-order valence-electron chi connectivity index (χ1n) is 7.16. The lowest BCUT2D eigenvalue weighted by Crippen LogP contribution is -2.42. The molecule has 0 unspecified atom stereocenters. The zero-order chi connectivity index (χ0) is 15.3. The van der Waals surface area contributed by atoms with Gasteiger partial charge in [-0.2, -0.15) is 0 Å². The number of carbonyl (C=O) groups excluding carboxylic acids is 1. The summed E-state index contributed by atoms with van der Waals surface area (Å²) in [6.07, 6.45) is 3.37. The summed E-state index contributed by atoms with van der Waals surface area (Å²) in [5.41, 5.74) is 0. The number of rotatable bonds is 13. The van der Waals surface area contributed by atoms with Gasteiger partial charge in [0.25, 0.3) is 0 Å². The van der Waals surface area contributed by atoms with Gasteiger partial charge < -0.3 is 23.3 Å². The van der Waals surface area contributed by atoms with Crippen LogP contribution in [0.5, 0.6) is 0 Å². The monoisotopic (exact) mass is 307 g/mol. The molecule has 0 radical (unpaired) electrons. The fourth-order valence-electron chi connectivity index (χ4n) is 1.72. The van der Waals surface area contributed by atoms with E-state index in [0.29, 0.717) is 32.0 Å². The average Bonchev–Trinajstić information content (AvgIpc) is 2.48. The Kier molecular flexibility index (Phi) is 12.0. The van der Waals surface area contributed by atoms with E-state index in [1.54, 1.807) is 21.3 Å². The quantitative estimate of drug-likeness (QED) is 0.316. The number of hydrogen-bond acceptors (Lipinski definition) is 6. The van der Waals surface area contributed by atoms with Crippen LogP contribution < -0.4 is 5.32 Å². The molecule has 1 N–H and O–H groups in total. The minimum Gasteiger partial charge on any atom is -0.466 e. The Bertz CT molecular complexity index is 241. The van der Waals surface area contributed by atoms with Crippen LogP contribution >= 0.6 is 0 Å². The van der Waals surface area contributed by atoms with E-state index < -0.39 is 8.80 Å². The summed E-state index contributed by atoms with van der Waals surface area (Å²) in [6, 6.07) is 0.637. The van der Waals surface area contributed by atoms with Gasteiger partial charge in [0, 0.05) is 33.9 Å². The van der Waals surface area contributed by atoms with Gasteiger partial charge in [0.05, 0.1) is 13.0 Å². The highest BCUT2D eigenvalue weighted by atomic mass is 28.4. The third-order valence-corrected chi connectivity index (χ3v) is 5.87. The Hall–Kier alpha value is -0.473. The van der Waals surface area contributed by atoms with E-state index >= 15 is 0 Å². The average molecular weight is 307 g/mol. The van der Waals surface area contributed by atoms with Crippen LogP contribution in [0.1, 0.15) is 32.6 Å². The summed E-state index contributed by atoms with van der Waals surface area (Å²) in [4.78, 5) is 11.5. The molecule has 120 valence electrons. The molecule has 20 heavy (non-hydrogen) atoms. The summed E-state index contributed by atoms with van der Waals surface area (Å²) in [7, 11) is 2.20. The molecule has 0 saturated carbocycles. The minimum absolute atomic E-state index is 0.173. The SMILES string of the molecule is CCCCNCCC(=O)OCCC[Si](OC)(OC)OC. The molecule has 0 fully saturated rings. The lowest BCUT2D eigenvalue weighted by Gasteiger charge is -2.24. The van der Waals surface area contributed by atoms with E-state index in [-0.39, 0.29) is 5.97 Å². The molecule has 0 aromatic heterocycles. The molecule has 0 aromatic rings. The van der Waals surface area contributed by atoms with Gasteiger partial charge in [-0.1, -0.05) is 13.3 Å². The molecule has 6 nitrogen and oxygen atoms in total. The van der Waals surface area contributed by atoms with E-state index in [2.05, 4.69) is 12.2 Å². The number of esters is 1. The van der Waals surface area contributed by atoms with Crippen molar-refractivity contribution in [1.29, 1.82) is 0 Å². The summed E-state index contributed by atoms with van der Waals surface area (Å²) in [6.45, 7) is 4.14. The molecule has 0 aliphatic rings. The predicted octanol–water partition coefficient (Wildman–Crippen LogP) is 1.58. The molecular weight excluding hydrogens is 278 g/mol. The molecule has 0 aliphatic heterocycles. The van der Waals surface area contributed by atoms with E-state index in [0.717, 1.165) is 19.4 Å². The van der Waals surface area contributed by atoms with E-state index in [9.17, 15) is 4.79 Å². The van der Waals surface area contributed by atoms with Gasteiger partial charge >= 0.3 is 14.8 Å². The molecule has 0 heterocycles. The van der Waals surface area contributed by atoms with Gasteiger partial charge in [-0.25, -0.2) is 0 Å². The Labute approximate surface area is 123 Å². The Morgan fingerprint density at radius 2 is 1.70 bits per heavy atom. The van der Waals surface area contributed by atoms with Crippen LogP contribution in [0.2, 0.25) is 6.04 Å². The first-order valence-corrected chi connectivity index (χ1v) is 9.09. The molecule has 0 atom stereocenters. The van der Waals surface area contributed by atoms with Crippen molar-refractivity contribution in [1.82, 2.24) is 5.32 Å². The molecular formula is C13H29NO5Si. The van der Waals surface area contributed by atoms with E-state index in [1.165, 1.54) is 0 Å². The molecule has 0 spiro atoms. The molecule has 7 heteroatoms. The first kappa shape index (κ1) is 19.5. The van der Waals surface area contributed by atoms with Gasteiger partial charge in [-0.05, 0) is 19.4 Å². The molecule has 0 amide bonds. The van der Waals surface area contributed by atoms with Crippen LogP contribution in [-0.2, 0) is 22.8 Å². The highest BCUT2D eigenvalue weighted by Crippen LogP contribution is 2.14. The summed E-state index contributed by atoms with van der Waals surface area (Å²) in [5, 5.41) is 3.21. The summed E-state index contributed by atoms with van der Waals surface area (Å²) < 4.78 is 21.0. The van der Waals surface area contributed by atoms with Crippen molar-refractivity contribution in [3.63, 3.8) is 0 Å². The Morgan fingerprint density at radius 3 is 2.25 bits per heavy atom. The number of carbonyl (C=O) groups is 1. The van der Waals surface area contributed by atoms with Crippen LogP contribution in [0.4, 0.5) is 0 Å². The van der Waals surface area contributed by atoms with Crippen LogP contribution in [0.25, 0.3) is 0 Å². The fraction of sp³-hybridized carbons (Fsp3) is 0.923. The van der Waals surface area contributed by atoms with Crippen molar-refractivity contribution in [2.75, 3.05) is 41.0 Å². The zero-order valence-corrected chi connectivity index (χ0v) is 14.2. The molecule has 0 aliphatic carbocycles. The van der Waals surface area contributed by atoms with Crippen molar-refractivity contribution >= 4 is 14.8 Å². The van der Waals surface area contributed by atoms with Crippen LogP contribution in [-0.4, -0.2) is 55.8 Å². The standard InChI is InChI=1S/C13H29NO5Si/c1-5-6-9-14-10-8-13(15)19-11-7-12-20(16-2,17-3)18-4/h14H,5-12H2,1-4H3. The highest BCUT2D eigenvalue weighted by Gasteiger charge is 2.36. The lowest BCUT2D eigenvalue weighted by molar-refractivity contribution is -0.143. The number of nitrogens with one attached hydrogen (secondary N) is 1. The second kappa shape index (κ2) is 12.3. The second-order valence-corrected chi connectivity index (χ2v) is 7.56. The maximum atomic E-state index is 11.5. The van der Waals surface area contributed by atoms with Gasteiger partial charge in [-0.3, -0.25) is 4.79 Å². The molecule has 0 bridgehead atoms. The molecule has 0 rings (SSSR count). The Balaban J connectivity index is 3.61. The lowest BCUT2D eigenvalue weighted by atomic mass is 10.3. The second-order valence-electron chi connectivity index (χ2n) is 4.47. The van der Waals surface area contributed by atoms with Gasteiger partial charge in [0.1, 0.15) is 0 Å². The van der Waals surface area contributed by atoms with Crippen molar-refractivity contribution in [3.05, 3.63) is 0 Å². The van der Waals surface area contributed by atoms with Crippen molar-refractivity contribution < 1.29 is 22.8 Å². The maximum absolute atomic E-state index is 11.5. The maximum Gasteiger partial charge on any atom is 0.500 e.